The molecular formula is C16H18N4O2. The van der Waals surface area contributed by atoms with Gasteiger partial charge in [0.1, 0.15) is 0 Å². The fraction of sp³-hybridized carbons (Fsp3) is 0.312. The molecule has 0 amide bonds. The van der Waals surface area contributed by atoms with Gasteiger partial charge in [0.05, 0.1) is 11.2 Å². The molecule has 0 aliphatic carbocycles. The lowest BCUT2D eigenvalue weighted by Gasteiger charge is -2.06. The minimum Gasteiger partial charge on any atom is -0.304 e. The number of aryl methyl sites for hydroxylation is 3. The van der Waals surface area contributed by atoms with E-state index < -0.39 is 0 Å². The maximum Gasteiger partial charge on any atom is 0.328 e. The third kappa shape index (κ3) is 2.36. The highest BCUT2D eigenvalue weighted by molar-refractivity contribution is 5.76. The van der Waals surface area contributed by atoms with Crippen LogP contribution >= 0.6 is 0 Å². The summed E-state index contributed by atoms with van der Waals surface area (Å²) in [7, 11) is 0. The minimum atomic E-state index is -0.382. The molecule has 0 saturated heterocycles. The van der Waals surface area contributed by atoms with E-state index in [0.29, 0.717) is 36.2 Å². The Morgan fingerprint density at radius 3 is 2.59 bits per heavy atom. The molecule has 2 heterocycles. The zero-order chi connectivity index (χ0) is 15.7. The van der Waals surface area contributed by atoms with E-state index in [1.54, 1.807) is 11.6 Å². The summed E-state index contributed by atoms with van der Waals surface area (Å²) in [4.78, 5) is 27.6. The lowest BCUT2D eigenvalue weighted by molar-refractivity contribution is 0.622. The van der Waals surface area contributed by atoms with Crippen molar-refractivity contribution in [3.8, 4) is 0 Å². The molecule has 114 valence electrons. The predicted octanol–water partition coefficient (Wildman–Crippen LogP) is 1.46. The van der Waals surface area contributed by atoms with Gasteiger partial charge >= 0.3 is 5.69 Å². The van der Waals surface area contributed by atoms with Gasteiger partial charge in [-0.1, -0.05) is 30.3 Å². The van der Waals surface area contributed by atoms with Crippen LogP contribution in [0.1, 0.15) is 18.2 Å². The highest BCUT2D eigenvalue weighted by Gasteiger charge is 2.15. The smallest absolute Gasteiger partial charge is 0.304 e. The summed E-state index contributed by atoms with van der Waals surface area (Å²) in [6, 6.07) is 9.80. The lowest BCUT2D eigenvalue weighted by Crippen LogP contribution is -2.36. The Labute approximate surface area is 127 Å². The first kappa shape index (κ1) is 14.3. The van der Waals surface area contributed by atoms with E-state index in [9.17, 15) is 9.59 Å². The summed E-state index contributed by atoms with van der Waals surface area (Å²) in [6.45, 7) is 4.65. The Morgan fingerprint density at radius 2 is 1.91 bits per heavy atom. The molecule has 0 bridgehead atoms. The standard InChI is InChI=1S/C16H18N4O2/c1-3-20-14-13(11(2)18-20)17-16(22)19(15(14)21)10-9-12-7-5-4-6-8-12/h4-8H,3,9-10H2,1-2H3,(H,17,22). The zero-order valence-corrected chi connectivity index (χ0v) is 12.7. The molecule has 3 rings (SSSR count). The van der Waals surface area contributed by atoms with Gasteiger partial charge in [0, 0.05) is 13.1 Å². The zero-order valence-electron chi connectivity index (χ0n) is 12.7. The van der Waals surface area contributed by atoms with Crippen LogP contribution in [0.15, 0.2) is 39.9 Å². The van der Waals surface area contributed by atoms with Crippen LogP contribution in [-0.2, 0) is 19.5 Å². The molecule has 0 aliphatic rings. The average molecular weight is 298 g/mol. The van der Waals surface area contributed by atoms with Gasteiger partial charge in [0.25, 0.3) is 5.56 Å². The van der Waals surface area contributed by atoms with Crippen LogP contribution in [0.5, 0.6) is 0 Å². The molecule has 0 unspecified atom stereocenters. The van der Waals surface area contributed by atoms with E-state index >= 15 is 0 Å². The van der Waals surface area contributed by atoms with Crippen LogP contribution in [0, 0.1) is 6.92 Å². The van der Waals surface area contributed by atoms with Crippen molar-refractivity contribution >= 4 is 11.0 Å². The van der Waals surface area contributed by atoms with Crippen LogP contribution in [0.2, 0.25) is 0 Å². The summed E-state index contributed by atoms with van der Waals surface area (Å²) in [5.74, 6) is 0. The Kier molecular flexibility index (Phi) is 3.66. The van der Waals surface area contributed by atoms with E-state index in [-0.39, 0.29) is 11.2 Å². The van der Waals surface area contributed by atoms with E-state index in [2.05, 4.69) is 10.1 Å². The Balaban J connectivity index is 2.06. The summed E-state index contributed by atoms with van der Waals surface area (Å²) in [5, 5.41) is 4.30. The van der Waals surface area contributed by atoms with Gasteiger partial charge in [0.15, 0.2) is 5.52 Å². The molecule has 3 aromatic rings. The van der Waals surface area contributed by atoms with Crippen LogP contribution in [0.4, 0.5) is 0 Å². The van der Waals surface area contributed by atoms with Crippen molar-refractivity contribution in [3.63, 3.8) is 0 Å². The van der Waals surface area contributed by atoms with Gasteiger partial charge in [-0.3, -0.25) is 14.0 Å². The van der Waals surface area contributed by atoms with Gasteiger partial charge in [-0.2, -0.15) is 5.10 Å². The fourth-order valence-electron chi connectivity index (χ4n) is 2.66. The number of aromatic amines is 1. The predicted molar refractivity (Wildman–Crippen MR) is 85.2 cm³/mol. The van der Waals surface area contributed by atoms with Crippen LogP contribution in [0.25, 0.3) is 11.0 Å². The molecule has 1 N–H and O–H groups in total. The van der Waals surface area contributed by atoms with Crippen molar-refractivity contribution < 1.29 is 0 Å². The molecule has 6 nitrogen and oxygen atoms in total. The Bertz CT molecular complexity index is 919. The second kappa shape index (κ2) is 5.63. The third-order valence-corrected chi connectivity index (χ3v) is 3.82. The minimum absolute atomic E-state index is 0.280. The Morgan fingerprint density at radius 1 is 1.18 bits per heavy atom. The molecule has 0 aliphatic heterocycles. The molecular weight excluding hydrogens is 280 g/mol. The van der Waals surface area contributed by atoms with E-state index in [4.69, 9.17) is 0 Å². The first-order valence-electron chi connectivity index (χ1n) is 7.36. The number of H-pyrrole nitrogens is 1. The normalized spacial score (nSPS) is 11.2. The van der Waals surface area contributed by atoms with Crippen molar-refractivity contribution in [1.82, 2.24) is 19.3 Å². The van der Waals surface area contributed by atoms with Gasteiger partial charge in [-0.15, -0.1) is 0 Å². The summed E-state index contributed by atoms with van der Waals surface area (Å²) in [5.41, 5.74) is 2.10. The van der Waals surface area contributed by atoms with Crippen molar-refractivity contribution in [3.05, 3.63) is 62.4 Å². The molecule has 1 aromatic carbocycles. The summed E-state index contributed by atoms with van der Waals surface area (Å²) >= 11 is 0. The molecule has 0 radical (unpaired) electrons. The molecule has 0 fully saturated rings. The number of nitrogens with zero attached hydrogens (tertiary/aromatic N) is 3. The fourth-order valence-corrected chi connectivity index (χ4v) is 2.66. The number of aromatic nitrogens is 4. The summed E-state index contributed by atoms with van der Waals surface area (Å²) < 4.78 is 2.89. The van der Waals surface area contributed by atoms with E-state index in [1.165, 1.54) is 4.57 Å². The number of fused-ring (bicyclic) bond motifs is 1. The van der Waals surface area contributed by atoms with Crippen molar-refractivity contribution in [2.75, 3.05) is 0 Å². The highest BCUT2D eigenvalue weighted by atomic mass is 16.2. The van der Waals surface area contributed by atoms with Crippen molar-refractivity contribution in [1.29, 1.82) is 0 Å². The molecule has 0 atom stereocenters. The number of nitrogens with one attached hydrogen (secondary N) is 1. The SMILES string of the molecule is CCn1nc(C)c2[nH]c(=O)n(CCc3ccccc3)c(=O)c21. The molecule has 0 saturated carbocycles. The number of hydrogen-bond acceptors (Lipinski definition) is 3. The maximum absolute atomic E-state index is 12.6. The number of benzene rings is 1. The van der Waals surface area contributed by atoms with E-state index in [1.807, 2.05) is 37.3 Å². The first-order valence-corrected chi connectivity index (χ1v) is 7.36. The average Bonchev–Trinajstić information content (AvgIpc) is 2.84. The van der Waals surface area contributed by atoms with Crippen molar-refractivity contribution in [2.45, 2.75) is 33.4 Å². The van der Waals surface area contributed by atoms with Gasteiger partial charge in [0.2, 0.25) is 0 Å². The number of rotatable bonds is 4. The van der Waals surface area contributed by atoms with Gasteiger partial charge in [-0.05, 0) is 25.8 Å². The first-order chi connectivity index (χ1) is 10.6. The van der Waals surface area contributed by atoms with Crippen molar-refractivity contribution in [2.24, 2.45) is 0 Å². The summed E-state index contributed by atoms with van der Waals surface area (Å²) in [6.07, 6.45) is 0.634. The molecule has 22 heavy (non-hydrogen) atoms. The quantitative estimate of drug-likeness (QED) is 0.792. The second-order valence-electron chi connectivity index (χ2n) is 5.25. The Hall–Kier alpha value is -2.63. The monoisotopic (exact) mass is 298 g/mol. The van der Waals surface area contributed by atoms with Crippen LogP contribution < -0.4 is 11.2 Å². The largest absolute Gasteiger partial charge is 0.328 e. The lowest BCUT2D eigenvalue weighted by atomic mass is 10.1. The second-order valence-corrected chi connectivity index (χ2v) is 5.25. The highest BCUT2D eigenvalue weighted by Crippen LogP contribution is 2.10. The maximum atomic E-state index is 12.6. The molecule has 0 spiro atoms. The van der Waals surface area contributed by atoms with Gasteiger partial charge in [-0.25, -0.2) is 4.79 Å². The van der Waals surface area contributed by atoms with E-state index in [0.717, 1.165) is 5.56 Å². The molecule has 6 heteroatoms. The van der Waals surface area contributed by atoms with Gasteiger partial charge < -0.3 is 4.98 Å². The molecule has 2 aromatic heterocycles. The third-order valence-electron chi connectivity index (χ3n) is 3.82. The van der Waals surface area contributed by atoms with Crippen LogP contribution in [-0.4, -0.2) is 19.3 Å². The number of hydrogen-bond donors (Lipinski definition) is 1. The van der Waals surface area contributed by atoms with Crippen LogP contribution in [0.3, 0.4) is 0 Å². The topological polar surface area (TPSA) is 72.7 Å².